The van der Waals surface area contributed by atoms with Crippen molar-refractivity contribution in [2.45, 2.75) is 50.7 Å². The summed E-state index contributed by atoms with van der Waals surface area (Å²) in [5, 5.41) is 3.55. The SMILES string of the molecule is CCNC(CCCOC)C1(OC)CCC1. The molecule has 1 N–H and O–H groups in total. The molecule has 0 bridgehead atoms. The average Bonchev–Trinajstić information content (AvgIpc) is 2.17. The smallest absolute Gasteiger partial charge is 0.0831 e. The summed E-state index contributed by atoms with van der Waals surface area (Å²) in [7, 11) is 3.61. The average molecular weight is 215 g/mol. The third-order valence-corrected chi connectivity index (χ3v) is 3.53. The molecule has 1 aliphatic carbocycles. The minimum atomic E-state index is 0.115. The fourth-order valence-electron chi connectivity index (χ4n) is 2.45. The highest BCUT2D eigenvalue weighted by Crippen LogP contribution is 2.39. The van der Waals surface area contributed by atoms with E-state index in [9.17, 15) is 0 Å². The molecule has 1 atom stereocenters. The molecule has 0 aliphatic heterocycles. The molecule has 1 unspecified atom stereocenters. The Morgan fingerprint density at radius 1 is 1.33 bits per heavy atom. The van der Waals surface area contributed by atoms with Gasteiger partial charge in [-0.15, -0.1) is 0 Å². The van der Waals surface area contributed by atoms with Crippen molar-refractivity contribution in [3.8, 4) is 0 Å². The number of hydrogen-bond donors (Lipinski definition) is 1. The van der Waals surface area contributed by atoms with Gasteiger partial charge < -0.3 is 14.8 Å². The van der Waals surface area contributed by atoms with Crippen LogP contribution in [0.2, 0.25) is 0 Å². The Hall–Kier alpha value is -0.120. The Labute approximate surface area is 93.5 Å². The topological polar surface area (TPSA) is 30.5 Å². The van der Waals surface area contributed by atoms with Crippen molar-refractivity contribution < 1.29 is 9.47 Å². The minimum absolute atomic E-state index is 0.115. The van der Waals surface area contributed by atoms with Gasteiger partial charge in [-0.25, -0.2) is 0 Å². The van der Waals surface area contributed by atoms with E-state index < -0.39 is 0 Å². The lowest BCUT2D eigenvalue weighted by molar-refractivity contribution is -0.101. The Kier molecular flexibility index (Phi) is 5.58. The van der Waals surface area contributed by atoms with Crippen molar-refractivity contribution in [1.29, 1.82) is 0 Å². The summed E-state index contributed by atoms with van der Waals surface area (Å²) >= 11 is 0. The third-order valence-electron chi connectivity index (χ3n) is 3.53. The zero-order valence-corrected chi connectivity index (χ0v) is 10.3. The van der Waals surface area contributed by atoms with Crippen LogP contribution < -0.4 is 5.32 Å². The minimum Gasteiger partial charge on any atom is -0.385 e. The largest absolute Gasteiger partial charge is 0.385 e. The maximum atomic E-state index is 5.72. The second kappa shape index (κ2) is 6.46. The number of ether oxygens (including phenoxy) is 2. The van der Waals surface area contributed by atoms with E-state index in [1.807, 2.05) is 7.11 Å². The lowest BCUT2D eigenvalue weighted by Crippen LogP contribution is -2.56. The molecular weight excluding hydrogens is 190 g/mol. The van der Waals surface area contributed by atoms with Crippen LogP contribution in [0.4, 0.5) is 0 Å². The quantitative estimate of drug-likeness (QED) is 0.628. The van der Waals surface area contributed by atoms with Gasteiger partial charge in [-0.2, -0.15) is 0 Å². The number of likely N-dealkylation sites (N-methyl/N-ethyl adjacent to an activating group) is 1. The van der Waals surface area contributed by atoms with Crippen molar-refractivity contribution in [2.75, 3.05) is 27.4 Å². The molecule has 1 rings (SSSR count). The van der Waals surface area contributed by atoms with E-state index in [1.165, 1.54) is 19.3 Å². The predicted octanol–water partition coefficient (Wildman–Crippen LogP) is 1.96. The molecule has 0 saturated heterocycles. The normalized spacial score (nSPS) is 21.0. The second-order valence-corrected chi connectivity index (χ2v) is 4.37. The van der Waals surface area contributed by atoms with Gasteiger partial charge in [0.15, 0.2) is 0 Å². The van der Waals surface area contributed by atoms with E-state index in [0.717, 1.165) is 26.0 Å². The van der Waals surface area contributed by atoms with Gasteiger partial charge in [0, 0.05) is 26.9 Å². The monoisotopic (exact) mass is 215 g/mol. The van der Waals surface area contributed by atoms with Gasteiger partial charge in [-0.05, 0) is 38.6 Å². The maximum absolute atomic E-state index is 5.72. The Morgan fingerprint density at radius 3 is 2.47 bits per heavy atom. The van der Waals surface area contributed by atoms with Gasteiger partial charge in [-0.3, -0.25) is 0 Å². The van der Waals surface area contributed by atoms with Crippen molar-refractivity contribution in [1.82, 2.24) is 5.32 Å². The van der Waals surface area contributed by atoms with Crippen LogP contribution in [0.5, 0.6) is 0 Å². The molecule has 1 aliphatic rings. The van der Waals surface area contributed by atoms with Crippen LogP contribution in [0.15, 0.2) is 0 Å². The lowest BCUT2D eigenvalue weighted by Gasteiger charge is -2.47. The highest BCUT2D eigenvalue weighted by molar-refractivity contribution is 4.99. The van der Waals surface area contributed by atoms with Crippen molar-refractivity contribution in [3.63, 3.8) is 0 Å². The molecule has 0 radical (unpaired) electrons. The fourth-order valence-corrected chi connectivity index (χ4v) is 2.45. The van der Waals surface area contributed by atoms with E-state index in [0.29, 0.717) is 6.04 Å². The Morgan fingerprint density at radius 2 is 2.07 bits per heavy atom. The molecule has 3 heteroatoms. The Balaban J connectivity index is 2.40. The molecular formula is C12H25NO2. The van der Waals surface area contributed by atoms with Crippen molar-refractivity contribution in [2.24, 2.45) is 0 Å². The maximum Gasteiger partial charge on any atom is 0.0831 e. The molecule has 15 heavy (non-hydrogen) atoms. The first-order valence-electron chi connectivity index (χ1n) is 6.06. The number of methoxy groups -OCH3 is 2. The van der Waals surface area contributed by atoms with E-state index in [1.54, 1.807) is 7.11 Å². The molecule has 0 spiro atoms. The molecule has 0 amide bonds. The molecule has 0 aromatic carbocycles. The van der Waals surface area contributed by atoms with Crippen molar-refractivity contribution in [3.05, 3.63) is 0 Å². The number of nitrogens with one attached hydrogen (secondary N) is 1. The van der Waals surface area contributed by atoms with Crippen LogP contribution in [0, 0.1) is 0 Å². The van der Waals surface area contributed by atoms with Crippen LogP contribution in [0.25, 0.3) is 0 Å². The number of hydrogen-bond acceptors (Lipinski definition) is 3. The van der Waals surface area contributed by atoms with Gasteiger partial charge >= 0.3 is 0 Å². The summed E-state index contributed by atoms with van der Waals surface area (Å²) in [6.45, 7) is 4.02. The van der Waals surface area contributed by atoms with Gasteiger partial charge in [-0.1, -0.05) is 6.92 Å². The molecule has 1 fully saturated rings. The molecule has 0 heterocycles. The molecule has 3 nitrogen and oxygen atoms in total. The second-order valence-electron chi connectivity index (χ2n) is 4.37. The highest BCUT2D eigenvalue weighted by atomic mass is 16.5. The van der Waals surface area contributed by atoms with Crippen molar-refractivity contribution >= 4 is 0 Å². The Bertz CT molecular complexity index is 163. The molecule has 0 aromatic heterocycles. The summed E-state index contributed by atoms with van der Waals surface area (Å²) in [6, 6.07) is 0.497. The standard InChI is InChI=1S/C12H25NO2/c1-4-13-11(7-5-10-14-2)12(15-3)8-6-9-12/h11,13H,4-10H2,1-3H3. The van der Waals surface area contributed by atoms with Gasteiger partial charge in [0.05, 0.1) is 5.60 Å². The van der Waals surface area contributed by atoms with Crippen LogP contribution in [0.3, 0.4) is 0 Å². The molecule has 1 saturated carbocycles. The fraction of sp³-hybridized carbons (Fsp3) is 1.00. The highest BCUT2D eigenvalue weighted by Gasteiger charge is 2.43. The van der Waals surface area contributed by atoms with Crippen LogP contribution in [0.1, 0.15) is 39.0 Å². The number of rotatable bonds is 8. The summed E-state index contributed by atoms with van der Waals surface area (Å²) < 4.78 is 10.8. The first-order chi connectivity index (χ1) is 7.29. The van der Waals surface area contributed by atoms with Crippen LogP contribution in [-0.2, 0) is 9.47 Å². The van der Waals surface area contributed by atoms with Crippen LogP contribution >= 0.6 is 0 Å². The van der Waals surface area contributed by atoms with Gasteiger partial charge in [0.25, 0.3) is 0 Å². The lowest BCUT2D eigenvalue weighted by atomic mass is 9.73. The zero-order valence-electron chi connectivity index (χ0n) is 10.3. The van der Waals surface area contributed by atoms with E-state index in [-0.39, 0.29) is 5.60 Å². The summed E-state index contributed by atoms with van der Waals surface area (Å²) in [5.74, 6) is 0. The van der Waals surface area contributed by atoms with Gasteiger partial charge in [0.2, 0.25) is 0 Å². The first kappa shape index (κ1) is 12.9. The first-order valence-corrected chi connectivity index (χ1v) is 6.06. The molecule has 0 aromatic rings. The van der Waals surface area contributed by atoms with Crippen LogP contribution in [-0.4, -0.2) is 39.0 Å². The van der Waals surface area contributed by atoms with E-state index in [4.69, 9.17) is 9.47 Å². The molecule has 90 valence electrons. The van der Waals surface area contributed by atoms with E-state index >= 15 is 0 Å². The summed E-state index contributed by atoms with van der Waals surface area (Å²) in [4.78, 5) is 0. The predicted molar refractivity (Wildman–Crippen MR) is 62.2 cm³/mol. The summed E-state index contributed by atoms with van der Waals surface area (Å²) in [5.41, 5.74) is 0.115. The third kappa shape index (κ3) is 3.16. The van der Waals surface area contributed by atoms with E-state index in [2.05, 4.69) is 12.2 Å². The van der Waals surface area contributed by atoms with Gasteiger partial charge in [0.1, 0.15) is 0 Å². The zero-order chi connectivity index (χ0) is 11.1. The summed E-state index contributed by atoms with van der Waals surface area (Å²) in [6.07, 6.45) is 5.97.